The number of hydrogen-bond donors (Lipinski definition) is 1. The van der Waals surface area contributed by atoms with Gasteiger partial charge in [0.15, 0.2) is 0 Å². The zero-order valence-corrected chi connectivity index (χ0v) is 15.2. The minimum atomic E-state index is -0.0682. The lowest BCUT2D eigenvalue weighted by Crippen LogP contribution is -2.23. The SMILES string of the molecule is COc1ccccc1CNC(=O)c1ccccc1SC[C@H]1CCCO1. The van der Waals surface area contributed by atoms with Crippen molar-refractivity contribution in [3.63, 3.8) is 0 Å². The number of amides is 1. The number of methoxy groups -OCH3 is 1. The van der Waals surface area contributed by atoms with E-state index < -0.39 is 0 Å². The van der Waals surface area contributed by atoms with Gasteiger partial charge in [0.25, 0.3) is 5.91 Å². The number of benzene rings is 2. The molecule has 1 heterocycles. The largest absolute Gasteiger partial charge is 0.496 e. The molecule has 132 valence electrons. The van der Waals surface area contributed by atoms with Crippen LogP contribution in [0, 0.1) is 0 Å². The van der Waals surface area contributed by atoms with Crippen molar-refractivity contribution in [1.82, 2.24) is 5.32 Å². The molecule has 0 unspecified atom stereocenters. The highest BCUT2D eigenvalue weighted by Crippen LogP contribution is 2.27. The highest BCUT2D eigenvalue weighted by Gasteiger charge is 2.18. The third kappa shape index (κ3) is 4.77. The Kier molecular flexibility index (Phi) is 6.36. The minimum absolute atomic E-state index is 0.0682. The quantitative estimate of drug-likeness (QED) is 0.764. The van der Waals surface area contributed by atoms with Crippen LogP contribution in [0.15, 0.2) is 53.4 Å². The molecular weight excluding hydrogens is 334 g/mol. The van der Waals surface area contributed by atoms with E-state index in [2.05, 4.69) is 5.32 Å². The second-order valence-electron chi connectivity index (χ2n) is 5.94. The molecule has 5 heteroatoms. The summed E-state index contributed by atoms with van der Waals surface area (Å²) in [4.78, 5) is 13.6. The first-order valence-corrected chi connectivity index (χ1v) is 9.50. The first-order valence-electron chi connectivity index (χ1n) is 8.51. The number of carbonyl (C=O) groups is 1. The Morgan fingerprint density at radius 2 is 2.04 bits per heavy atom. The summed E-state index contributed by atoms with van der Waals surface area (Å²) in [7, 11) is 1.64. The van der Waals surface area contributed by atoms with Gasteiger partial charge >= 0.3 is 0 Å². The number of para-hydroxylation sites is 1. The lowest BCUT2D eigenvalue weighted by molar-refractivity contribution is 0.0947. The normalized spacial score (nSPS) is 16.6. The van der Waals surface area contributed by atoms with Crippen molar-refractivity contribution in [1.29, 1.82) is 0 Å². The highest BCUT2D eigenvalue weighted by atomic mass is 32.2. The van der Waals surface area contributed by atoms with Gasteiger partial charge in [-0.05, 0) is 31.0 Å². The van der Waals surface area contributed by atoms with Crippen molar-refractivity contribution >= 4 is 17.7 Å². The van der Waals surface area contributed by atoms with Crippen LogP contribution < -0.4 is 10.1 Å². The number of rotatable bonds is 7. The molecule has 1 fully saturated rings. The van der Waals surface area contributed by atoms with Gasteiger partial charge in [0.05, 0.1) is 18.8 Å². The third-order valence-corrected chi connectivity index (χ3v) is 5.42. The van der Waals surface area contributed by atoms with Gasteiger partial charge in [0, 0.05) is 29.4 Å². The van der Waals surface area contributed by atoms with Gasteiger partial charge in [-0.1, -0.05) is 30.3 Å². The first-order chi connectivity index (χ1) is 12.3. The lowest BCUT2D eigenvalue weighted by Gasteiger charge is -2.13. The Balaban J connectivity index is 1.63. The van der Waals surface area contributed by atoms with Gasteiger partial charge in [-0.3, -0.25) is 4.79 Å². The summed E-state index contributed by atoms with van der Waals surface area (Å²) in [6.45, 7) is 1.29. The van der Waals surface area contributed by atoms with Crippen LogP contribution in [0.4, 0.5) is 0 Å². The molecule has 0 aliphatic carbocycles. The van der Waals surface area contributed by atoms with E-state index in [1.54, 1.807) is 18.9 Å². The van der Waals surface area contributed by atoms with Gasteiger partial charge in [0.1, 0.15) is 5.75 Å². The topological polar surface area (TPSA) is 47.6 Å². The summed E-state index contributed by atoms with van der Waals surface area (Å²) in [5, 5.41) is 2.99. The zero-order valence-electron chi connectivity index (χ0n) is 14.4. The maximum absolute atomic E-state index is 12.6. The van der Waals surface area contributed by atoms with E-state index in [0.29, 0.717) is 18.2 Å². The molecule has 2 aromatic rings. The Bertz CT molecular complexity index is 714. The average molecular weight is 357 g/mol. The van der Waals surface area contributed by atoms with E-state index in [4.69, 9.17) is 9.47 Å². The summed E-state index contributed by atoms with van der Waals surface area (Å²) >= 11 is 1.69. The predicted octanol–water partition coefficient (Wildman–Crippen LogP) is 3.90. The Morgan fingerprint density at radius 1 is 1.24 bits per heavy atom. The monoisotopic (exact) mass is 357 g/mol. The highest BCUT2D eigenvalue weighted by molar-refractivity contribution is 7.99. The van der Waals surface area contributed by atoms with Gasteiger partial charge < -0.3 is 14.8 Å². The zero-order chi connectivity index (χ0) is 17.5. The van der Waals surface area contributed by atoms with Crippen molar-refractivity contribution in [3.05, 3.63) is 59.7 Å². The molecule has 2 aromatic carbocycles. The molecule has 1 atom stereocenters. The molecule has 25 heavy (non-hydrogen) atoms. The molecule has 4 nitrogen and oxygen atoms in total. The van der Waals surface area contributed by atoms with Gasteiger partial charge in [-0.2, -0.15) is 0 Å². The van der Waals surface area contributed by atoms with E-state index in [1.165, 1.54) is 0 Å². The first kappa shape index (κ1) is 17.8. The third-order valence-electron chi connectivity index (χ3n) is 4.21. The number of nitrogens with one attached hydrogen (secondary N) is 1. The summed E-state index contributed by atoms with van der Waals surface area (Å²) in [6, 6.07) is 15.4. The van der Waals surface area contributed by atoms with Crippen molar-refractivity contribution in [3.8, 4) is 5.75 Å². The van der Waals surface area contributed by atoms with Crippen LogP contribution in [0.2, 0.25) is 0 Å². The van der Waals surface area contributed by atoms with E-state index in [9.17, 15) is 4.79 Å². The van der Waals surface area contributed by atoms with Crippen LogP contribution in [0.1, 0.15) is 28.8 Å². The fourth-order valence-corrected chi connectivity index (χ4v) is 3.98. The standard InChI is InChI=1S/C20H23NO3S/c1-23-18-10-4-2-7-15(18)13-21-20(22)17-9-3-5-11-19(17)25-14-16-8-6-12-24-16/h2-5,7,9-11,16H,6,8,12-14H2,1H3,(H,21,22)/t16-/m1/s1. The Morgan fingerprint density at radius 3 is 2.84 bits per heavy atom. The van der Waals surface area contributed by atoms with Crippen LogP contribution in [0.5, 0.6) is 5.75 Å². The molecule has 0 spiro atoms. The summed E-state index contributed by atoms with van der Waals surface area (Å²) in [6.07, 6.45) is 2.54. The molecule has 0 saturated carbocycles. The molecule has 1 N–H and O–H groups in total. The fraction of sp³-hybridized carbons (Fsp3) is 0.350. The second-order valence-corrected chi connectivity index (χ2v) is 7.00. The predicted molar refractivity (Wildman–Crippen MR) is 100 cm³/mol. The maximum atomic E-state index is 12.6. The summed E-state index contributed by atoms with van der Waals surface area (Å²) < 4.78 is 11.0. The van der Waals surface area contributed by atoms with Crippen LogP contribution in [-0.4, -0.2) is 31.5 Å². The molecule has 3 rings (SSSR count). The van der Waals surface area contributed by atoms with E-state index >= 15 is 0 Å². The molecule has 1 amide bonds. The lowest BCUT2D eigenvalue weighted by atomic mass is 10.1. The Labute approximate surface area is 152 Å². The number of hydrogen-bond acceptors (Lipinski definition) is 4. The van der Waals surface area contributed by atoms with Crippen LogP contribution in [0.3, 0.4) is 0 Å². The maximum Gasteiger partial charge on any atom is 0.252 e. The number of ether oxygens (including phenoxy) is 2. The van der Waals surface area contributed by atoms with Crippen LogP contribution >= 0.6 is 11.8 Å². The molecule has 1 saturated heterocycles. The number of carbonyl (C=O) groups excluding carboxylic acids is 1. The average Bonchev–Trinajstić information content (AvgIpc) is 3.18. The minimum Gasteiger partial charge on any atom is -0.496 e. The van der Waals surface area contributed by atoms with Crippen molar-refractivity contribution in [2.75, 3.05) is 19.5 Å². The van der Waals surface area contributed by atoms with E-state index in [0.717, 1.165) is 41.4 Å². The van der Waals surface area contributed by atoms with Crippen molar-refractivity contribution in [2.24, 2.45) is 0 Å². The van der Waals surface area contributed by atoms with Crippen molar-refractivity contribution in [2.45, 2.75) is 30.4 Å². The van der Waals surface area contributed by atoms with Crippen LogP contribution in [0.25, 0.3) is 0 Å². The molecule has 0 radical (unpaired) electrons. The number of thioether (sulfide) groups is 1. The van der Waals surface area contributed by atoms with E-state index in [1.807, 2.05) is 48.5 Å². The fourth-order valence-electron chi connectivity index (χ4n) is 2.86. The smallest absolute Gasteiger partial charge is 0.252 e. The molecule has 1 aliphatic heterocycles. The summed E-state index contributed by atoms with van der Waals surface area (Å²) in [5.74, 6) is 1.60. The van der Waals surface area contributed by atoms with Gasteiger partial charge in [-0.25, -0.2) is 0 Å². The van der Waals surface area contributed by atoms with Crippen molar-refractivity contribution < 1.29 is 14.3 Å². The van der Waals surface area contributed by atoms with E-state index in [-0.39, 0.29) is 5.91 Å². The molecular formula is C20H23NO3S. The summed E-state index contributed by atoms with van der Waals surface area (Å²) in [5.41, 5.74) is 1.67. The van der Waals surface area contributed by atoms with Gasteiger partial charge in [0.2, 0.25) is 0 Å². The van der Waals surface area contributed by atoms with Crippen LogP contribution in [-0.2, 0) is 11.3 Å². The molecule has 0 bridgehead atoms. The Hall–Kier alpha value is -1.98. The molecule has 1 aliphatic rings. The van der Waals surface area contributed by atoms with Gasteiger partial charge in [-0.15, -0.1) is 11.8 Å². The second kappa shape index (κ2) is 8.92. The molecule has 0 aromatic heterocycles.